The molecule has 0 aliphatic carbocycles. The Balaban J connectivity index is 1.36. The van der Waals surface area contributed by atoms with Crippen LogP contribution >= 0.6 is 0 Å². The van der Waals surface area contributed by atoms with E-state index in [1.54, 1.807) is 0 Å². The molecule has 3 aliphatic heterocycles. The number of nitrogens with one attached hydrogen (secondary N) is 1. The summed E-state index contributed by atoms with van der Waals surface area (Å²) in [7, 11) is 2.02. The van der Waals surface area contributed by atoms with Gasteiger partial charge >= 0.3 is 0 Å². The first kappa shape index (κ1) is 10.9. The summed E-state index contributed by atoms with van der Waals surface area (Å²) in [4.78, 5) is 2.40. The Morgan fingerprint density at radius 1 is 1.44 bits per heavy atom. The van der Waals surface area contributed by atoms with E-state index in [0.29, 0.717) is 12.6 Å². The zero-order valence-corrected chi connectivity index (χ0v) is 9.89. The Hall–Kier alpha value is -0.200. The largest absolute Gasteiger partial charge is 0.350 e. The third-order valence-electron chi connectivity index (χ3n) is 3.62. The van der Waals surface area contributed by atoms with Crippen LogP contribution in [-0.2, 0) is 14.2 Å². The van der Waals surface area contributed by atoms with Gasteiger partial charge in [0.15, 0.2) is 6.29 Å². The molecule has 0 spiro atoms. The van der Waals surface area contributed by atoms with Crippen molar-refractivity contribution in [1.29, 1.82) is 0 Å². The standard InChI is InChI=1S/C11H20N2O3/c1-7-11(15-7)14-6-9-10(16-9)13-4-3-8(5-13)12-2/h7-12H,3-6H2,1-2H3. The van der Waals surface area contributed by atoms with Crippen LogP contribution in [0.15, 0.2) is 0 Å². The Morgan fingerprint density at radius 3 is 2.88 bits per heavy atom. The number of rotatable bonds is 5. The lowest BCUT2D eigenvalue weighted by molar-refractivity contribution is 0.0405. The van der Waals surface area contributed by atoms with E-state index in [-0.39, 0.29) is 24.7 Å². The number of nitrogens with zero attached hydrogens (tertiary/aromatic N) is 1. The minimum atomic E-state index is 0.0217. The third kappa shape index (κ3) is 2.24. The van der Waals surface area contributed by atoms with Gasteiger partial charge in [0.1, 0.15) is 18.4 Å². The van der Waals surface area contributed by atoms with E-state index < -0.39 is 0 Å². The average Bonchev–Trinajstić information content (AvgIpc) is 3.15. The van der Waals surface area contributed by atoms with Crippen molar-refractivity contribution in [2.45, 2.75) is 44.1 Å². The maximum Gasteiger partial charge on any atom is 0.184 e. The Labute approximate surface area is 96.0 Å². The van der Waals surface area contributed by atoms with Crippen molar-refractivity contribution in [2.24, 2.45) is 0 Å². The van der Waals surface area contributed by atoms with Crippen molar-refractivity contribution in [3.63, 3.8) is 0 Å². The van der Waals surface area contributed by atoms with Gasteiger partial charge in [-0.25, -0.2) is 0 Å². The molecule has 0 radical (unpaired) electrons. The van der Waals surface area contributed by atoms with Crippen molar-refractivity contribution in [2.75, 3.05) is 26.7 Å². The molecule has 0 aromatic carbocycles. The second kappa shape index (κ2) is 4.23. The number of ether oxygens (including phenoxy) is 3. The topological polar surface area (TPSA) is 49.6 Å². The molecule has 3 rings (SSSR count). The predicted octanol–water partition coefficient (Wildman–Crippen LogP) is -0.234. The van der Waals surface area contributed by atoms with Crippen LogP contribution in [0.5, 0.6) is 0 Å². The first-order valence-corrected chi connectivity index (χ1v) is 6.12. The number of hydrogen-bond donors (Lipinski definition) is 1. The van der Waals surface area contributed by atoms with Gasteiger partial charge < -0.3 is 19.5 Å². The second-order valence-corrected chi connectivity index (χ2v) is 4.88. The van der Waals surface area contributed by atoms with Gasteiger partial charge in [0.25, 0.3) is 0 Å². The molecular formula is C11H20N2O3. The normalized spacial score (nSPS) is 47.2. The first-order valence-electron chi connectivity index (χ1n) is 6.12. The Bertz CT molecular complexity index is 264. The van der Waals surface area contributed by atoms with Gasteiger partial charge in [-0.15, -0.1) is 0 Å². The molecule has 0 saturated carbocycles. The van der Waals surface area contributed by atoms with Gasteiger partial charge in [-0.05, 0) is 20.4 Å². The van der Waals surface area contributed by atoms with E-state index in [4.69, 9.17) is 14.2 Å². The van der Waals surface area contributed by atoms with Gasteiger partial charge in [0, 0.05) is 19.1 Å². The molecule has 0 aromatic heterocycles. The SMILES string of the molecule is CNC1CCN(C2OC2COC2OC2C)C1. The highest BCUT2D eigenvalue weighted by atomic mass is 16.8. The summed E-state index contributed by atoms with van der Waals surface area (Å²) in [6.07, 6.45) is 2.05. The summed E-state index contributed by atoms with van der Waals surface area (Å²) < 4.78 is 16.4. The Kier molecular flexibility index (Phi) is 2.89. The Morgan fingerprint density at radius 2 is 2.25 bits per heavy atom. The second-order valence-electron chi connectivity index (χ2n) is 4.88. The molecular weight excluding hydrogens is 208 g/mol. The maximum absolute atomic E-state index is 5.62. The number of hydrogen-bond acceptors (Lipinski definition) is 5. The van der Waals surface area contributed by atoms with Crippen LogP contribution in [0, 0.1) is 0 Å². The third-order valence-corrected chi connectivity index (χ3v) is 3.62. The lowest BCUT2D eigenvalue weighted by Gasteiger charge is -2.12. The molecule has 1 N–H and O–H groups in total. The smallest absolute Gasteiger partial charge is 0.184 e. The molecule has 5 heteroatoms. The van der Waals surface area contributed by atoms with Crippen molar-refractivity contribution in [3.05, 3.63) is 0 Å². The molecule has 3 fully saturated rings. The monoisotopic (exact) mass is 228 g/mol. The highest BCUT2D eigenvalue weighted by molar-refractivity contribution is 4.91. The number of likely N-dealkylation sites (N-methyl/N-ethyl adjacent to an activating group) is 1. The highest BCUT2D eigenvalue weighted by Gasteiger charge is 2.47. The molecule has 0 aromatic rings. The minimum Gasteiger partial charge on any atom is -0.350 e. The predicted molar refractivity (Wildman–Crippen MR) is 58.0 cm³/mol. The van der Waals surface area contributed by atoms with Crippen LogP contribution in [-0.4, -0.2) is 62.4 Å². The van der Waals surface area contributed by atoms with Crippen molar-refractivity contribution in [3.8, 4) is 0 Å². The fourth-order valence-electron chi connectivity index (χ4n) is 2.36. The van der Waals surface area contributed by atoms with E-state index in [0.717, 1.165) is 13.1 Å². The van der Waals surface area contributed by atoms with Crippen molar-refractivity contribution >= 4 is 0 Å². The van der Waals surface area contributed by atoms with E-state index in [1.807, 2.05) is 14.0 Å². The van der Waals surface area contributed by atoms with Crippen LogP contribution in [0.1, 0.15) is 13.3 Å². The lowest BCUT2D eigenvalue weighted by atomic mass is 10.3. The quantitative estimate of drug-likeness (QED) is 0.659. The van der Waals surface area contributed by atoms with Crippen LogP contribution in [0.2, 0.25) is 0 Å². The molecule has 0 amide bonds. The molecule has 3 aliphatic rings. The van der Waals surface area contributed by atoms with Crippen LogP contribution < -0.4 is 5.32 Å². The fraction of sp³-hybridized carbons (Fsp3) is 1.00. The van der Waals surface area contributed by atoms with E-state index in [1.165, 1.54) is 6.42 Å². The molecule has 0 bridgehead atoms. The lowest BCUT2D eigenvalue weighted by Crippen LogP contribution is -2.32. The van der Waals surface area contributed by atoms with Gasteiger partial charge in [-0.2, -0.15) is 0 Å². The highest BCUT2D eigenvalue weighted by Crippen LogP contribution is 2.31. The first-order chi connectivity index (χ1) is 7.78. The van der Waals surface area contributed by atoms with E-state index in [2.05, 4.69) is 10.2 Å². The van der Waals surface area contributed by atoms with Gasteiger partial charge in [-0.3, -0.25) is 4.90 Å². The van der Waals surface area contributed by atoms with E-state index in [9.17, 15) is 0 Å². The molecule has 3 heterocycles. The minimum absolute atomic E-state index is 0.0217. The molecule has 3 saturated heterocycles. The fourth-order valence-corrected chi connectivity index (χ4v) is 2.36. The van der Waals surface area contributed by atoms with Crippen LogP contribution in [0.3, 0.4) is 0 Å². The molecule has 92 valence electrons. The number of likely N-dealkylation sites (tertiary alicyclic amines) is 1. The summed E-state index contributed by atoms with van der Waals surface area (Å²) >= 11 is 0. The van der Waals surface area contributed by atoms with Crippen molar-refractivity contribution in [1.82, 2.24) is 10.2 Å². The summed E-state index contributed by atoms with van der Waals surface area (Å²) in [5.41, 5.74) is 0. The maximum atomic E-state index is 5.62. The van der Waals surface area contributed by atoms with Gasteiger partial charge in [0.2, 0.25) is 0 Å². The zero-order valence-electron chi connectivity index (χ0n) is 9.89. The molecule has 5 unspecified atom stereocenters. The summed E-state index contributed by atoms with van der Waals surface area (Å²) in [5.74, 6) is 0. The molecule has 5 atom stereocenters. The summed E-state index contributed by atoms with van der Waals surface area (Å²) in [5, 5.41) is 3.31. The summed E-state index contributed by atoms with van der Waals surface area (Å²) in [6, 6.07) is 0.623. The van der Waals surface area contributed by atoms with Crippen LogP contribution in [0.4, 0.5) is 0 Å². The molecule has 16 heavy (non-hydrogen) atoms. The van der Waals surface area contributed by atoms with E-state index >= 15 is 0 Å². The summed E-state index contributed by atoms with van der Waals surface area (Å²) in [6.45, 7) is 4.91. The van der Waals surface area contributed by atoms with Gasteiger partial charge in [0.05, 0.1) is 6.61 Å². The zero-order chi connectivity index (χ0) is 11.1. The average molecular weight is 228 g/mol. The van der Waals surface area contributed by atoms with Crippen LogP contribution in [0.25, 0.3) is 0 Å². The molecule has 5 nitrogen and oxygen atoms in total. The van der Waals surface area contributed by atoms with Crippen molar-refractivity contribution < 1.29 is 14.2 Å². The number of epoxide rings is 2. The van der Waals surface area contributed by atoms with Gasteiger partial charge in [-0.1, -0.05) is 0 Å².